The average Bonchev–Trinajstić information content (AvgIpc) is 3.10. The molecule has 0 aliphatic carbocycles. The Kier molecular flexibility index (Phi) is 36.2. The van der Waals surface area contributed by atoms with Crippen molar-refractivity contribution in [1.29, 1.82) is 0 Å². The van der Waals surface area contributed by atoms with Gasteiger partial charge >= 0.3 is 5.97 Å². The topological polar surface area (TPSA) is 72.5 Å². The van der Waals surface area contributed by atoms with E-state index in [1.807, 2.05) is 6.92 Å². The van der Waals surface area contributed by atoms with Crippen molar-refractivity contribution in [2.24, 2.45) is 5.92 Å². The van der Waals surface area contributed by atoms with Crippen molar-refractivity contribution in [1.82, 2.24) is 5.32 Å². The van der Waals surface area contributed by atoms with Gasteiger partial charge in [0.1, 0.15) is 11.6 Å². The number of allylic oxidation sites excluding steroid dienone is 4. The molecule has 0 aliphatic heterocycles. The van der Waals surface area contributed by atoms with Crippen LogP contribution >= 0.6 is 0 Å². The highest BCUT2D eigenvalue weighted by Crippen LogP contribution is 2.19. The summed E-state index contributed by atoms with van der Waals surface area (Å²) in [5.41, 5.74) is 0. The third-order valence-electron chi connectivity index (χ3n) is 9.89. The van der Waals surface area contributed by atoms with Crippen molar-refractivity contribution >= 4 is 17.5 Å². The summed E-state index contributed by atoms with van der Waals surface area (Å²) in [6.07, 6.45) is 43.2. The maximum absolute atomic E-state index is 13.3. The fraction of sp³-hybridized carbons (Fsp3) is 0.841. The van der Waals surface area contributed by atoms with Gasteiger partial charge in [-0.1, -0.05) is 141 Å². The zero-order valence-electron chi connectivity index (χ0n) is 33.0. The Morgan fingerprint density at radius 3 is 1.35 bits per heavy atom. The van der Waals surface area contributed by atoms with E-state index in [4.69, 9.17) is 4.74 Å². The molecule has 0 radical (unpaired) electrons. The number of esters is 1. The van der Waals surface area contributed by atoms with Crippen LogP contribution in [-0.2, 0) is 19.1 Å². The summed E-state index contributed by atoms with van der Waals surface area (Å²) in [6, 6.07) is -0.140. The monoisotopic (exact) mass is 688 g/mol. The van der Waals surface area contributed by atoms with Crippen LogP contribution < -0.4 is 5.32 Å². The van der Waals surface area contributed by atoms with Gasteiger partial charge < -0.3 is 10.1 Å². The smallest absolute Gasteiger partial charge is 0.306 e. The number of ether oxygens (including phenoxy) is 1. The second-order valence-corrected chi connectivity index (χ2v) is 14.6. The molecule has 2 atom stereocenters. The fourth-order valence-electron chi connectivity index (χ4n) is 6.51. The molecule has 0 rings (SSSR count). The minimum Gasteiger partial charge on any atom is -0.469 e. The van der Waals surface area contributed by atoms with E-state index in [2.05, 4.69) is 43.5 Å². The predicted molar refractivity (Wildman–Crippen MR) is 211 cm³/mol. The van der Waals surface area contributed by atoms with Crippen LogP contribution in [-0.4, -0.2) is 37.2 Å². The van der Waals surface area contributed by atoms with Gasteiger partial charge in [0.2, 0.25) is 0 Å². The summed E-state index contributed by atoms with van der Waals surface area (Å²) in [6.45, 7) is 6.96. The molecule has 0 spiro atoms. The van der Waals surface area contributed by atoms with E-state index in [0.717, 1.165) is 44.9 Å². The first-order chi connectivity index (χ1) is 24.0. The number of unbranched alkanes of at least 4 members (excludes halogenated alkanes) is 22. The normalized spacial score (nSPS) is 13.0. The Bertz CT molecular complexity index is 820. The lowest BCUT2D eigenvalue weighted by Crippen LogP contribution is -2.40. The highest BCUT2D eigenvalue weighted by Gasteiger charge is 2.26. The molecular formula is C44H81NO4. The number of carbonyl (C=O) groups is 3. The summed E-state index contributed by atoms with van der Waals surface area (Å²) < 4.78 is 4.75. The number of Topliss-reactive ketones (excluding diaryl/α,β-unsaturated/α-hetero) is 2. The maximum atomic E-state index is 13.3. The van der Waals surface area contributed by atoms with Crippen LogP contribution in [0.2, 0.25) is 0 Å². The summed E-state index contributed by atoms with van der Waals surface area (Å²) in [4.78, 5) is 37.9. The Hall–Kier alpha value is -1.75. The van der Waals surface area contributed by atoms with Crippen LogP contribution in [0.5, 0.6) is 0 Å². The maximum Gasteiger partial charge on any atom is 0.306 e. The first-order valence-electron chi connectivity index (χ1n) is 21.1. The zero-order chi connectivity index (χ0) is 36.0. The quantitative estimate of drug-likeness (QED) is 0.0397. The van der Waals surface area contributed by atoms with E-state index >= 15 is 0 Å². The highest BCUT2D eigenvalue weighted by molar-refractivity contribution is 5.88. The Morgan fingerprint density at radius 1 is 0.531 bits per heavy atom. The van der Waals surface area contributed by atoms with Crippen molar-refractivity contribution in [2.45, 2.75) is 219 Å². The lowest BCUT2D eigenvalue weighted by molar-refractivity contribution is -0.140. The van der Waals surface area contributed by atoms with Gasteiger partial charge in [-0.25, -0.2) is 0 Å². The molecule has 49 heavy (non-hydrogen) atoms. The summed E-state index contributed by atoms with van der Waals surface area (Å²) >= 11 is 0. The molecule has 0 amide bonds. The zero-order valence-corrected chi connectivity index (χ0v) is 33.0. The van der Waals surface area contributed by atoms with Crippen LogP contribution in [0.4, 0.5) is 0 Å². The molecule has 0 aromatic carbocycles. The van der Waals surface area contributed by atoms with E-state index < -0.39 is 0 Å². The van der Waals surface area contributed by atoms with Crippen LogP contribution in [0.15, 0.2) is 24.3 Å². The average molecular weight is 688 g/mol. The Morgan fingerprint density at radius 2 is 0.918 bits per heavy atom. The van der Waals surface area contributed by atoms with Gasteiger partial charge in [0.25, 0.3) is 0 Å². The van der Waals surface area contributed by atoms with Gasteiger partial charge in [0.15, 0.2) is 0 Å². The van der Waals surface area contributed by atoms with Crippen molar-refractivity contribution in [3.05, 3.63) is 24.3 Å². The summed E-state index contributed by atoms with van der Waals surface area (Å²) in [5.74, 6) is -0.211. The van der Waals surface area contributed by atoms with Crippen LogP contribution in [0, 0.1) is 5.92 Å². The number of rotatable bonds is 38. The van der Waals surface area contributed by atoms with E-state index in [0.29, 0.717) is 25.8 Å². The minimum atomic E-state index is -0.329. The van der Waals surface area contributed by atoms with Crippen molar-refractivity contribution in [3.63, 3.8) is 0 Å². The molecule has 286 valence electrons. The van der Waals surface area contributed by atoms with Crippen LogP contribution in [0.1, 0.15) is 213 Å². The molecule has 0 heterocycles. The third-order valence-corrected chi connectivity index (χ3v) is 9.89. The number of carbonyl (C=O) groups excluding carboxylic acids is 3. The van der Waals surface area contributed by atoms with Gasteiger partial charge in [-0.2, -0.15) is 0 Å². The molecule has 5 heteroatoms. The summed E-state index contributed by atoms with van der Waals surface area (Å²) in [5, 5.41) is 3.32. The lowest BCUT2D eigenvalue weighted by atomic mass is 9.87. The molecule has 1 N–H and O–H groups in total. The standard InChI is InChI=1S/C44H81NO4/c1-5-7-9-11-13-15-17-19-21-23-25-27-29-31-33-35-41(46)39-42(40(3)45-38-37-44(48)49-4)43(47)36-34-32-30-28-26-24-22-20-18-16-14-12-10-8-6-2/h19-22,40,42,45H,5-18,23-39H2,1-4H3/b21-19-,22-20-. The number of nitrogens with one attached hydrogen (secondary N) is 1. The first-order valence-corrected chi connectivity index (χ1v) is 21.1. The molecule has 0 aromatic rings. The van der Waals surface area contributed by atoms with E-state index in [-0.39, 0.29) is 35.9 Å². The fourth-order valence-corrected chi connectivity index (χ4v) is 6.51. The van der Waals surface area contributed by atoms with Gasteiger partial charge in [-0.05, 0) is 71.1 Å². The van der Waals surface area contributed by atoms with Gasteiger partial charge in [0.05, 0.1) is 13.5 Å². The first kappa shape index (κ1) is 47.2. The van der Waals surface area contributed by atoms with Gasteiger partial charge in [-0.3, -0.25) is 14.4 Å². The second-order valence-electron chi connectivity index (χ2n) is 14.6. The SMILES string of the molecule is CCCCCCCC/C=C\CCCCCCCC(=O)CC(C(=O)CCCCCCC/C=C\CCCCCCCC)C(C)NCCC(=O)OC. The van der Waals surface area contributed by atoms with Crippen molar-refractivity contribution in [2.75, 3.05) is 13.7 Å². The number of ketones is 2. The van der Waals surface area contributed by atoms with Crippen molar-refractivity contribution < 1.29 is 19.1 Å². The Balaban J connectivity index is 4.25. The molecule has 0 bridgehead atoms. The molecule has 0 aromatic heterocycles. The third kappa shape index (κ3) is 33.2. The largest absolute Gasteiger partial charge is 0.469 e. The molecule has 0 fully saturated rings. The molecule has 2 unspecified atom stereocenters. The van der Waals surface area contributed by atoms with E-state index in [1.165, 1.54) is 129 Å². The second kappa shape index (κ2) is 37.5. The molecule has 5 nitrogen and oxygen atoms in total. The Labute approximate surface area is 304 Å². The summed E-state index contributed by atoms with van der Waals surface area (Å²) in [7, 11) is 1.39. The van der Waals surface area contributed by atoms with Gasteiger partial charge in [0, 0.05) is 37.8 Å². The van der Waals surface area contributed by atoms with Gasteiger partial charge in [-0.15, -0.1) is 0 Å². The molecule has 0 saturated carbocycles. The molecule has 0 aliphatic rings. The number of hydrogen-bond acceptors (Lipinski definition) is 5. The van der Waals surface area contributed by atoms with E-state index in [9.17, 15) is 14.4 Å². The number of hydrogen-bond donors (Lipinski definition) is 1. The molecular weight excluding hydrogens is 606 g/mol. The van der Waals surface area contributed by atoms with E-state index in [1.54, 1.807) is 0 Å². The van der Waals surface area contributed by atoms with Crippen molar-refractivity contribution in [3.8, 4) is 0 Å². The highest BCUT2D eigenvalue weighted by atomic mass is 16.5. The lowest BCUT2D eigenvalue weighted by Gasteiger charge is -2.23. The number of methoxy groups -OCH3 is 1. The predicted octanol–water partition coefficient (Wildman–Crippen LogP) is 12.7. The minimum absolute atomic E-state index is 0.140. The molecule has 0 saturated heterocycles. The van der Waals surface area contributed by atoms with Crippen LogP contribution in [0.3, 0.4) is 0 Å². The van der Waals surface area contributed by atoms with Crippen LogP contribution in [0.25, 0.3) is 0 Å².